The summed E-state index contributed by atoms with van der Waals surface area (Å²) in [7, 11) is 0. The van der Waals surface area contributed by atoms with Gasteiger partial charge < -0.3 is 15.7 Å². The van der Waals surface area contributed by atoms with Gasteiger partial charge in [-0.2, -0.15) is 0 Å². The molecule has 0 aliphatic carbocycles. The van der Waals surface area contributed by atoms with Crippen LogP contribution in [0, 0.1) is 0 Å². The molecule has 1 aromatic rings. The molecule has 2 amide bonds. The molecule has 21 heavy (non-hydrogen) atoms. The third-order valence-corrected chi connectivity index (χ3v) is 4.38. The lowest BCUT2D eigenvalue weighted by atomic mass is 10.2. The Morgan fingerprint density at radius 1 is 1.33 bits per heavy atom. The van der Waals surface area contributed by atoms with Crippen LogP contribution >= 0.6 is 11.8 Å². The Labute approximate surface area is 126 Å². The molecule has 2 rings (SSSR count). The Bertz CT molecular complexity index is 535. The predicted octanol–water partition coefficient (Wildman–Crippen LogP) is 0.378. The zero-order chi connectivity index (χ0) is 15.2. The number of thioether (sulfide) groups is 1. The van der Waals surface area contributed by atoms with Gasteiger partial charge in [-0.05, 0) is 5.56 Å². The highest BCUT2D eigenvalue weighted by molar-refractivity contribution is 8.00. The van der Waals surface area contributed by atoms with Gasteiger partial charge in [0.1, 0.15) is 6.04 Å². The fraction of sp³-hybridized carbons (Fsp3) is 0.357. The van der Waals surface area contributed by atoms with Crippen LogP contribution in [0.1, 0.15) is 12.0 Å². The van der Waals surface area contributed by atoms with E-state index >= 15 is 0 Å². The third kappa shape index (κ3) is 4.49. The van der Waals surface area contributed by atoms with Crippen LogP contribution in [0.2, 0.25) is 0 Å². The molecule has 1 aliphatic heterocycles. The summed E-state index contributed by atoms with van der Waals surface area (Å²) in [5.41, 5.74) is 0.984. The molecular weight excluding hydrogens is 292 g/mol. The van der Waals surface area contributed by atoms with E-state index in [-0.39, 0.29) is 18.1 Å². The van der Waals surface area contributed by atoms with E-state index in [9.17, 15) is 14.4 Å². The average Bonchev–Trinajstić information content (AvgIpc) is 2.48. The second-order valence-corrected chi connectivity index (χ2v) is 5.92. The van der Waals surface area contributed by atoms with Crippen molar-refractivity contribution in [1.82, 2.24) is 10.6 Å². The highest BCUT2D eigenvalue weighted by atomic mass is 32.2. The minimum Gasteiger partial charge on any atom is -0.480 e. The van der Waals surface area contributed by atoms with Crippen molar-refractivity contribution >= 4 is 29.5 Å². The number of amides is 2. The fourth-order valence-electron chi connectivity index (χ4n) is 1.92. The minimum absolute atomic E-state index is 0.0513. The summed E-state index contributed by atoms with van der Waals surface area (Å²) in [4.78, 5) is 34.3. The van der Waals surface area contributed by atoms with E-state index in [0.717, 1.165) is 5.56 Å². The number of carboxylic acids is 1. The number of benzene rings is 1. The second kappa shape index (κ2) is 7.12. The Hall–Kier alpha value is -2.02. The molecule has 6 nitrogen and oxygen atoms in total. The first kappa shape index (κ1) is 15.4. The quantitative estimate of drug-likeness (QED) is 0.731. The van der Waals surface area contributed by atoms with E-state index in [1.165, 1.54) is 11.8 Å². The second-order valence-electron chi connectivity index (χ2n) is 4.69. The van der Waals surface area contributed by atoms with Crippen LogP contribution in [0.5, 0.6) is 0 Å². The van der Waals surface area contributed by atoms with Gasteiger partial charge in [-0.25, -0.2) is 4.79 Å². The van der Waals surface area contributed by atoms with Crippen molar-refractivity contribution < 1.29 is 19.5 Å². The Balaban J connectivity index is 1.78. The third-order valence-electron chi connectivity index (χ3n) is 3.07. The number of nitrogens with one attached hydrogen (secondary N) is 2. The van der Waals surface area contributed by atoms with Crippen LogP contribution < -0.4 is 10.6 Å². The smallest absolute Gasteiger partial charge is 0.327 e. The number of carbonyl (C=O) groups excluding carboxylic acids is 2. The minimum atomic E-state index is -1.05. The lowest BCUT2D eigenvalue weighted by molar-refractivity contribution is -0.141. The number of carboxylic acid groups (broad SMARTS) is 1. The summed E-state index contributed by atoms with van der Waals surface area (Å²) in [6.45, 7) is 0.413. The summed E-state index contributed by atoms with van der Waals surface area (Å²) in [5.74, 6) is -1.39. The standard InChI is InChI=1S/C14H16N2O4S/c17-12(15-7-9-4-2-1-3-5-9)6-11-13(18)16-10(8-21-11)14(19)20/h1-5,10-11H,6-8H2,(H,15,17)(H,16,18)(H,19,20)/t10-,11-/m1/s1. The van der Waals surface area contributed by atoms with E-state index in [1.54, 1.807) is 0 Å². The summed E-state index contributed by atoms with van der Waals surface area (Å²) in [6, 6.07) is 8.61. The molecule has 0 unspecified atom stereocenters. The first-order valence-electron chi connectivity index (χ1n) is 6.51. The van der Waals surface area contributed by atoms with Gasteiger partial charge in [-0.3, -0.25) is 9.59 Å². The van der Waals surface area contributed by atoms with Crippen molar-refractivity contribution in [2.24, 2.45) is 0 Å². The molecular formula is C14H16N2O4S. The van der Waals surface area contributed by atoms with Crippen molar-refractivity contribution in [3.63, 3.8) is 0 Å². The number of hydrogen-bond donors (Lipinski definition) is 3. The Morgan fingerprint density at radius 3 is 2.67 bits per heavy atom. The first-order valence-corrected chi connectivity index (χ1v) is 7.56. The van der Waals surface area contributed by atoms with Crippen molar-refractivity contribution in [3.8, 4) is 0 Å². The SMILES string of the molecule is O=C(C[C@H]1SC[C@H](C(=O)O)NC1=O)NCc1ccccc1. The zero-order valence-corrected chi connectivity index (χ0v) is 12.1. The van der Waals surface area contributed by atoms with Gasteiger partial charge in [0.15, 0.2) is 0 Å². The van der Waals surface area contributed by atoms with Crippen LogP contribution in [0.3, 0.4) is 0 Å². The average molecular weight is 308 g/mol. The van der Waals surface area contributed by atoms with Crippen molar-refractivity contribution in [2.45, 2.75) is 24.3 Å². The van der Waals surface area contributed by atoms with Gasteiger partial charge >= 0.3 is 5.97 Å². The van der Waals surface area contributed by atoms with Gasteiger partial charge in [0.2, 0.25) is 11.8 Å². The summed E-state index contributed by atoms with van der Waals surface area (Å²) < 4.78 is 0. The maximum Gasteiger partial charge on any atom is 0.327 e. The molecule has 0 aromatic heterocycles. The molecule has 1 fully saturated rings. The van der Waals surface area contributed by atoms with E-state index < -0.39 is 23.2 Å². The molecule has 0 radical (unpaired) electrons. The maximum absolute atomic E-state index is 11.8. The zero-order valence-electron chi connectivity index (χ0n) is 11.2. The monoisotopic (exact) mass is 308 g/mol. The molecule has 3 N–H and O–H groups in total. The lowest BCUT2D eigenvalue weighted by Gasteiger charge is -2.25. The van der Waals surface area contributed by atoms with E-state index in [2.05, 4.69) is 10.6 Å². The van der Waals surface area contributed by atoms with Crippen molar-refractivity contribution in [1.29, 1.82) is 0 Å². The van der Waals surface area contributed by atoms with E-state index in [1.807, 2.05) is 30.3 Å². The van der Waals surface area contributed by atoms with Gasteiger partial charge in [0, 0.05) is 18.7 Å². The van der Waals surface area contributed by atoms with E-state index in [4.69, 9.17) is 5.11 Å². The number of hydrogen-bond acceptors (Lipinski definition) is 4. The van der Waals surface area contributed by atoms with Crippen LogP contribution in [-0.2, 0) is 20.9 Å². The molecule has 0 bridgehead atoms. The molecule has 0 saturated carbocycles. The Morgan fingerprint density at radius 2 is 2.05 bits per heavy atom. The summed E-state index contributed by atoms with van der Waals surface area (Å²) in [5, 5.41) is 13.5. The molecule has 0 spiro atoms. The lowest BCUT2D eigenvalue weighted by Crippen LogP contribution is -2.51. The number of carbonyl (C=O) groups is 3. The van der Waals surface area contributed by atoms with Crippen LogP contribution in [0.15, 0.2) is 30.3 Å². The van der Waals surface area contributed by atoms with Gasteiger partial charge in [-0.1, -0.05) is 30.3 Å². The topological polar surface area (TPSA) is 95.5 Å². The highest BCUT2D eigenvalue weighted by Gasteiger charge is 2.33. The van der Waals surface area contributed by atoms with Crippen molar-refractivity contribution in [3.05, 3.63) is 35.9 Å². The molecule has 1 aliphatic rings. The molecule has 112 valence electrons. The van der Waals surface area contributed by atoms with Gasteiger partial charge in [0.25, 0.3) is 0 Å². The summed E-state index contributed by atoms with van der Waals surface area (Å²) in [6.07, 6.45) is 0.0513. The molecule has 1 saturated heterocycles. The van der Waals surface area contributed by atoms with Crippen molar-refractivity contribution in [2.75, 3.05) is 5.75 Å². The number of aliphatic carboxylic acids is 1. The highest BCUT2D eigenvalue weighted by Crippen LogP contribution is 2.21. The predicted molar refractivity (Wildman–Crippen MR) is 78.7 cm³/mol. The molecule has 7 heteroatoms. The van der Waals surface area contributed by atoms with Crippen LogP contribution in [-0.4, -0.2) is 39.9 Å². The van der Waals surface area contributed by atoms with Crippen LogP contribution in [0.4, 0.5) is 0 Å². The normalized spacial score (nSPS) is 21.4. The van der Waals surface area contributed by atoms with Gasteiger partial charge in [-0.15, -0.1) is 11.8 Å². The Kier molecular flexibility index (Phi) is 5.21. The maximum atomic E-state index is 11.8. The first-order chi connectivity index (χ1) is 10.1. The molecule has 2 atom stereocenters. The largest absolute Gasteiger partial charge is 0.480 e. The summed E-state index contributed by atoms with van der Waals surface area (Å²) >= 11 is 1.20. The molecule has 1 heterocycles. The van der Waals surface area contributed by atoms with E-state index in [0.29, 0.717) is 6.54 Å². The van der Waals surface area contributed by atoms with Gasteiger partial charge in [0.05, 0.1) is 5.25 Å². The van der Waals surface area contributed by atoms with Crippen LogP contribution in [0.25, 0.3) is 0 Å². The number of rotatable bonds is 5. The molecule has 1 aromatic carbocycles. The fourth-order valence-corrected chi connectivity index (χ4v) is 3.06.